The maximum Gasteiger partial charge on any atom is 0.116 e. The Hall–Kier alpha value is -1.32. The van der Waals surface area contributed by atoms with Crippen molar-refractivity contribution in [2.24, 2.45) is 0 Å². The first-order valence-electron chi connectivity index (χ1n) is 8.60. The minimum Gasteiger partial charge on any atom is -0.382 e. The number of nitrogens with one attached hydrogen (secondary N) is 1. The van der Waals surface area contributed by atoms with Crippen molar-refractivity contribution >= 4 is 17.5 Å². The second-order valence-corrected chi connectivity index (χ2v) is 7.14. The Kier molecular flexibility index (Phi) is 7.63. The van der Waals surface area contributed by atoms with Crippen LogP contribution in [0.4, 0.5) is 0 Å². The van der Waals surface area contributed by atoms with Gasteiger partial charge in [-0.2, -0.15) is 0 Å². The summed E-state index contributed by atoms with van der Waals surface area (Å²) in [7, 11) is 0. The fourth-order valence-electron chi connectivity index (χ4n) is 2.60. The molecule has 2 rings (SSSR count). The molecule has 1 aliphatic rings. The van der Waals surface area contributed by atoms with Crippen LogP contribution in [-0.2, 0) is 0 Å². The van der Waals surface area contributed by atoms with Crippen LogP contribution in [0.5, 0.6) is 0 Å². The van der Waals surface area contributed by atoms with Gasteiger partial charge in [0.25, 0.3) is 0 Å². The van der Waals surface area contributed by atoms with Crippen molar-refractivity contribution in [3.8, 4) is 0 Å². The van der Waals surface area contributed by atoms with E-state index in [1.807, 2.05) is 24.3 Å². The highest BCUT2D eigenvalue weighted by molar-refractivity contribution is 8.03. The summed E-state index contributed by atoms with van der Waals surface area (Å²) < 4.78 is 0. The van der Waals surface area contributed by atoms with E-state index in [4.69, 9.17) is 5.41 Å². The number of rotatable bonds is 9. The molecule has 0 fully saturated rings. The molecule has 23 heavy (non-hydrogen) atoms. The van der Waals surface area contributed by atoms with Crippen molar-refractivity contribution in [2.45, 2.75) is 62.9 Å². The molecular weight excluding hydrogens is 302 g/mol. The highest BCUT2D eigenvalue weighted by Gasteiger charge is 2.13. The Balaban J connectivity index is 1.86. The minimum absolute atomic E-state index is 0.430. The maximum atomic E-state index is 10.3. The molecule has 1 aromatic carbocycles. The van der Waals surface area contributed by atoms with E-state index in [1.54, 1.807) is 11.8 Å². The number of benzene rings is 1. The van der Waals surface area contributed by atoms with Crippen molar-refractivity contribution in [1.29, 1.82) is 5.41 Å². The fourth-order valence-corrected chi connectivity index (χ4v) is 3.51. The average Bonchev–Trinajstić information content (AvgIpc) is 2.59. The normalized spacial score (nSPS) is 15.3. The van der Waals surface area contributed by atoms with Gasteiger partial charge in [-0.3, -0.25) is 0 Å². The Morgan fingerprint density at radius 1 is 1.17 bits per heavy atom. The number of hydrogen-bond acceptors (Lipinski definition) is 3. The molecule has 0 amide bonds. The number of thioether (sulfide) groups is 1. The van der Waals surface area contributed by atoms with Gasteiger partial charge in [-0.1, -0.05) is 68.3 Å². The van der Waals surface area contributed by atoms with Gasteiger partial charge >= 0.3 is 0 Å². The number of hydrogen-bond donors (Lipinski definition) is 2. The molecule has 124 valence electrons. The average molecular weight is 330 g/mol. The topological polar surface area (TPSA) is 44.1 Å². The lowest BCUT2D eigenvalue weighted by molar-refractivity contribution is 0.243. The second kappa shape index (κ2) is 9.74. The fraction of sp³-hybridized carbons (Fsp3) is 0.450. The first-order valence-corrected chi connectivity index (χ1v) is 9.42. The van der Waals surface area contributed by atoms with Crippen LogP contribution in [0, 0.1) is 5.41 Å². The zero-order valence-corrected chi connectivity index (χ0v) is 14.7. The molecule has 0 radical (unpaired) electrons. The van der Waals surface area contributed by atoms with Crippen molar-refractivity contribution < 1.29 is 5.11 Å². The molecule has 2 nitrogen and oxygen atoms in total. The van der Waals surface area contributed by atoms with Gasteiger partial charge in [0, 0.05) is 15.5 Å². The standard InChI is InChI=1S/C20H27NOS/c1-2-3-4-8-11-19(21)20(22)16-12-14-18(15-13-16)23-17-9-6-5-7-10-17/h6,9-10,12-15,20-22H,2-5,7-8,11H2,1H3. The summed E-state index contributed by atoms with van der Waals surface area (Å²) >= 11 is 1.75. The van der Waals surface area contributed by atoms with Crippen LogP contribution >= 0.6 is 11.8 Å². The van der Waals surface area contributed by atoms with Gasteiger partial charge in [-0.05, 0) is 43.4 Å². The molecule has 0 aromatic heterocycles. The number of unbranched alkanes of at least 4 members (excludes halogenated alkanes) is 3. The van der Waals surface area contributed by atoms with E-state index in [2.05, 4.69) is 25.2 Å². The zero-order valence-electron chi connectivity index (χ0n) is 13.9. The lowest BCUT2D eigenvalue weighted by Crippen LogP contribution is -2.10. The third-order valence-corrected chi connectivity index (χ3v) is 5.07. The third kappa shape index (κ3) is 6.00. The predicted octanol–water partition coefficient (Wildman–Crippen LogP) is 6.04. The molecule has 1 aliphatic carbocycles. The van der Waals surface area contributed by atoms with E-state index in [1.165, 1.54) is 22.6 Å². The van der Waals surface area contributed by atoms with Crippen LogP contribution in [-0.4, -0.2) is 10.8 Å². The lowest BCUT2D eigenvalue weighted by atomic mass is 10.0. The van der Waals surface area contributed by atoms with Crippen LogP contribution in [0.2, 0.25) is 0 Å². The number of aliphatic hydroxyl groups is 1. The van der Waals surface area contributed by atoms with E-state index in [9.17, 15) is 5.11 Å². The summed E-state index contributed by atoms with van der Waals surface area (Å²) in [6.45, 7) is 2.18. The SMILES string of the molecule is CCCCCCC(=N)C(O)c1ccc(SC2=CCCC=C2)cc1. The molecule has 0 bridgehead atoms. The van der Waals surface area contributed by atoms with Gasteiger partial charge in [-0.25, -0.2) is 0 Å². The van der Waals surface area contributed by atoms with Gasteiger partial charge in [-0.15, -0.1) is 0 Å². The van der Waals surface area contributed by atoms with Crippen LogP contribution in [0.25, 0.3) is 0 Å². The first kappa shape index (κ1) is 18.0. The smallest absolute Gasteiger partial charge is 0.116 e. The van der Waals surface area contributed by atoms with Crippen LogP contribution in [0.1, 0.15) is 63.5 Å². The largest absolute Gasteiger partial charge is 0.382 e. The van der Waals surface area contributed by atoms with Crippen molar-refractivity contribution in [2.75, 3.05) is 0 Å². The summed E-state index contributed by atoms with van der Waals surface area (Å²) in [5, 5.41) is 18.4. The third-order valence-electron chi connectivity index (χ3n) is 4.02. The van der Waals surface area contributed by atoms with Gasteiger partial charge in [0.2, 0.25) is 0 Å². The Labute approximate surface area is 144 Å². The van der Waals surface area contributed by atoms with Gasteiger partial charge in [0.05, 0.1) is 0 Å². The van der Waals surface area contributed by atoms with Gasteiger partial charge in [0.1, 0.15) is 6.10 Å². The Morgan fingerprint density at radius 3 is 2.61 bits per heavy atom. The van der Waals surface area contributed by atoms with E-state index in [0.29, 0.717) is 12.1 Å². The monoisotopic (exact) mass is 329 g/mol. The predicted molar refractivity (Wildman–Crippen MR) is 100 cm³/mol. The summed E-state index contributed by atoms with van der Waals surface area (Å²) in [4.78, 5) is 2.46. The number of allylic oxidation sites excluding steroid dienone is 3. The molecule has 1 aromatic rings. The second-order valence-electron chi connectivity index (χ2n) is 6.00. The minimum atomic E-state index is -0.760. The highest BCUT2D eigenvalue weighted by Crippen LogP contribution is 2.31. The molecule has 2 N–H and O–H groups in total. The molecule has 1 unspecified atom stereocenters. The lowest BCUT2D eigenvalue weighted by Gasteiger charge is -2.13. The van der Waals surface area contributed by atoms with Crippen LogP contribution in [0.15, 0.2) is 52.3 Å². The summed E-state index contributed by atoms with van der Waals surface area (Å²) in [5.74, 6) is 0. The summed E-state index contributed by atoms with van der Waals surface area (Å²) in [6.07, 6.45) is 13.4. The summed E-state index contributed by atoms with van der Waals surface area (Å²) in [5.41, 5.74) is 1.25. The van der Waals surface area contributed by atoms with E-state index in [0.717, 1.165) is 31.2 Å². The molecule has 0 heterocycles. The van der Waals surface area contributed by atoms with E-state index in [-0.39, 0.29) is 0 Å². The molecule has 0 saturated carbocycles. The summed E-state index contributed by atoms with van der Waals surface area (Å²) in [6, 6.07) is 7.97. The van der Waals surface area contributed by atoms with Crippen molar-refractivity contribution in [1.82, 2.24) is 0 Å². The van der Waals surface area contributed by atoms with Crippen molar-refractivity contribution in [3.05, 3.63) is 53.0 Å². The molecule has 0 saturated heterocycles. The van der Waals surface area contributed by atoms with Crippen molar-refractivity contribution in [3.63, 3.8) is 0 Å². The molecule has 0 aliphatic heterocycles. The first-order chi connectivity index (χ1) is 11.2. The Bertz CT molecular complexity index is 560. The van der Waals surface area contributed by atoms with E-state index < -0.39 is 6.10 Å². The van der Waals surface area contributed by atoms with Crippen LogP contribution in [0.3, 0.4) is 0 Å². The highest BCUT2D eigenvalue weighted by atomic mass is 32.2. The molecule has 0 spiro atoms. The quantitative estimate of drug-likeness (QED) is 0.429. The van der Waals surface area contributed by atoms with E-state index >= 15 is 0 Å². The van der Waals surface area contributed by atoms with Crippen LogP contribution < -0.4 is 0 Å². The molecular formula is C20H27NOS. The number of aliphatic hydroxyl groups excluding tert-OH is 1. The molecule has 1 atom stereocenters. The van der Waals surface area contributed by atoms with Gasteiger partial charge in [0.15, 0.2) is 0 Å². The molecule has 3 heteroatoms. The zero-order chi connectivity index (χ0) is 16.5. The van der Waals surface area contributed by atoms with Gasteiger partial charge < -0.3 is 10.5 Å². The Morgan fingerprint density at radius 2 is 1.96 bits per heavy atom. The maximum absolute atomic E-state index is 10.3.